The highest BCUT2D eigenvalue weighted by Gasteiger charge is 2.10. The molecule has 1 unspecified atom stereocenters. The van der Waals surface area contributed by atoms with Crippen molar-refractivity contribution in [2.45, 2.75) is 6.10 Å². The maximum atomic E-state index is 10.3. The molecule has 0 saturated heterocycles. The molecule has 2 N–H and O–H groups in total. The first kappa shape index (κ1) is 12.9. The SMILES string of the molecule is CN(C)c1ccc(C(O)CSC(=O)O)cc1. The van der Waals surface area contributed by atoms with Gasteiger partial charge in [0.05, 0.1) is 6.10 Å². The average molecular weight is 241 g/mol. The molecule has 4 nitrogen and oxygen atoms in total. The molecule has 0 spiro atoms. The maximum absolute atomic E-state index is 10.3. The molecule has 0 saturated carbocycles. The largest absolute Gasteiger partial charge is 0.473 e. The van der Waals surface area contributed by atoms with Crippen LogP contribution >= 0.6 is 11.8 Å². The van der Waals surface area contributed by atoms with Crippen molar-refractivity contribution in [2.24, 2.45) is 0 Å². The van der Waals surface area contributed by atoms with Gasteiger partial charge in [0.2, 0.25) is 0 Å². The van der Waals surface area contributed by atoms with E-state index >= 15 is 0 Å². The molecule has 0 heterocycles. The van der Waals surface area contributed by atoms with Gasteiger partial charge < -0.3 is 15.1 Å². The topological polar surface area (TPSA) is 60.8 Å². The lowest BCUT2D eigenvalue weighted by atomic mass is 10.1. The summed E-state index contributed by atoms with van der Waals surface area (Å²) in [6.07, 6.45) is -0.739. The van der Waals surface area contributed by atoms with Crippen LogP contribution in [-0.2, 0) is 0 Å². The molecular weight excluding hydrogens is 226 g/mol. The maximum Gasteiger partial charge on any atom is 0.364 e. The minimum atomic E-state index is -0.969. The summed E-state index contributed by atoms with van der Waals surface area (Å²) in [5.74, 6) is 0.163. The van der Waals surface area contributed by atoms with Crippen molar-refractivity contribution in [3.63, 3.8) is 0 Å². The van der Waals surface area contributed by atoms with E-state index in [0.29, 0.717) is 11.8 Å². The van der Waals surface area contributed by atoms with Gasteiger partial charge in [0.25, 0.3) is 0 Å². The van der Waals surface area contributed by atoms with E-state index in [0.717, 1.165) is 11.3 Å². The number of anilines is 1. The Morgan fingerprint density at radius 2 is 1.94 bits per heavy atom. The van der Waals surface area contributed by atoms with E-state index in [1.54, 1.807) is 0 Å². The van der Waals surface area contributed by atoms with E-state index in [9.17, 15) is 9.90 Å². The monoisotopic (exact) mass is 241 g/mol. The van der Waals surface area contributed by atoms with Gasteiger partial charge in [0.1, 0.15) is 0 Å². The van der Waals surface area contributed by atoms with E-state index in [-0.39, 0.29) is 5.75 Å². The van der Waals surface area contributed by atoms with Gasteiger partial charge in [-0.2, -0.15) is 0 Å². The molecule has 0 radical (unpaired) electrons. The molecule has 0 fully saturated rings. The molecule has 0 aliphatic rings. The highest BCUT2D eigenvalue weighted by atomic mass is 32.2. The van der Waals surface area contributed by atoms with Crippen molar-refractivity contribution < 1.29 is 15.0 Å². The quantitative estimate of drug-likeness (QED) is 0.846. The van der Waals surface area contributed by atoms with Gasteiger partial charge in [-0.1, -0.05) is 12.1 Å². The summed E-state index contributed by atoms with van der Waals surface area (Å²) in [7, 11) is 3.87. The molecule has 1 aromatic carbocycles. The Labute approximate surface area is 98.9 Å². The Morgan fingerprint density at radius 3 is 2.38 bits per heavy atom. The lowest BCUT2D eigenvalue weighted by Crippen LogP contribution is -2.09. The number of aliphatic hydroxyl groups is 1. The van der Waals surface area contributed by atoms with Gasteiger partial charge in [-0.15, -0.1) is 0 Å². The van der Waals surface area contributed by atoms with E-state index in [1.165, 1.54) is 0 Å². The molecule has 0 aromatic heterocycles. The third-order valence-electron chi connectivity index (χ3n) is 2.16. The molecule has 16 heavy (non-hydrogen) atoms. The second-order valence-electron chi connectivity index (χ2n) is 3.58. The number of hydrogen-bond acceptors (Lipinski definition) is 4. The zero-order valence-electron chi connectivity index (χ0n) is 9.25. The van der Waals surface area contributed by atoms with Crippen LogP contribution in [0.3, 0.4) is 0 Å². The molecule has 88 valence electrons. The van der Waals surface area contributed by atoms with Crippen molar-refractivity contribution in [3.8, 4) is 0 Å². The van der Waals surface area contributed by atoms with E-state index < -0.39 is 11.4 Å². The molecular formula is C11H15NO3S. The molecule has 5 heteroatoms. The minimum Gasteiger partial charge on any atom is -0.473 e. The fourth-order valence-corrected chi connectivity index (χ4v) is 1.73. The summed E-state index contributed by atoms with van der Waals surface area (Å²) in [5, 5.41) is 17.2. The predicted octanol–water partition coefficient (Wildman–Crippen LogP) is 2.20. The first-order valence-corrected chi connectivity index (χ1v) is 5.80. The van der Waals surface area contributed by atoms with Crippen molar-refractivity contribution >= 4 is 22.8 Å². The van der Waals surface area contributed by atoms with Crippen molar-refractivity contribution in [3.05, 3.63) is 29.8 Å². The van der Waals surface area contributed by atoms with Crippen LogP contribution < -0.4 is 4.90 Å². The lowest BCUT2D eigenvalue weighted by Gasteiger charge is -2.14. The summed E-state index contributed by atoms with van der Waals surface area (Å²) < 4.78 is 0. The first-order valence-electron chi connectivity index (χ1n) is 4.82. The lowest BCUT2D eigenvalue weighted by molar-refractivity contribution is 0.202. The summed E-state index contributed by atoms with van der Waals surface area (Å²) in [6.45, 7) is 0. The number of hydrogen-bond donors (Lipinski definition) is 2. The normalized spacial score (nSPS) is 12.2. The first-order chi connectivity index (χ1) is 7.50. The van der Waals surface area contributed by atoms with Crippen LogP contribution in [0.1, 0.15) is 11.7 Å². The summed E-state index contributed by atoms with van der Waals surface area (Å²) in [6, 6.07) is 7.40. The third kappa shape index (κ3) is 3.75. The van der Waals surface area contributed by atoms with Gasteiger partial charge in [-0.25, -0.2) is 4.79 Å². The molecule has 1 atom stereocenters. The van der Waals surface area contributed by atoms with Crippen LogP contribution in [0.2, 0.25) is 0 Å². The van der Waals surface area contributed by atoms with E-state index in [1.807, 2.05) is 43.3 Å². The Morgan fingerprint density at radius 1 is 1.38 bits per heavy atom. The van der Waals surface area contributed by atoms with Gasteiger partial charge in [-0.05, 0) is 29.5 Å². The molecule has 1 aromatic rings. The van der Waals surface area contributed by atoms with Crippen LogP contribution in [0.4, 0.5) is 10.5 Å². The molecule has 1 rings (SSSR count). The van der Waals surface area contributed by atoms with Crippen molar-refractivity contribution in [1.29, 1.82) is 0 Å². The van der Waals surface area contributed by atoms with Gasteiger partial charge in [0, 0.05) is 25.5 Å². The molecule has 0 amide bonds. The van der Waals surface area contributed by atoms with E-state index in [2.05, 4.69) is 0 Å². The van der Waals surface area contributed by atoms with Crippen LogP contribution in [-0.4, -0.2) is 35.4 Å². The predicted molar refractivity (Wildman–Crippen MR) is 66.2 cm³/mol. The Kier molecular flexibility index (Phi) is 4.64. The number of carbonyl (C=O) groups is 1. The van der Waals surface area contributed by atoms with Crippen molar-refractivity contribution in [2.75, 3.05) is 24.7 Å². The van der Waals surface area contributed by atoms with Crippen molar-refractivity contribution in [1.82, 2.24) is 0 Å². The minimum absolute atomic E-state index is 0.163. The zero-order chi connectivity index (χ0) is 12.1. The van der Waals surface area contributed by atoms with Crippen LogP contribution in [0, 0.1) is 0 Å². The van der Waals surface area contributed by atoms with E-state index in [4.69, 9.17) is 5.11 Å². The molecule has 0 bridgehead atoms. The second kappa shape index (κ2) is 5.77. The summed E-state index contributed by atoms with van der Waals surface area (Å²) in [4.78, 5) is 12.3. The zero-order valence-corrected chi connectivity index (χ0v) is 10.1. The average Bonchev–Trinajstić information content (AvgIpc) is 2.26. The van der Waals surface area contributed by atoms with Gasteiger partial charge in [0.15, 0.2) is 0 Å². The second-order valence-corrected chi connectivity index (χ2v) is 4.55. The van der Waals surface area contributed by atoms with Crippen LogP contribution in [0.15, 0.2) is 24.3 Å². The molecule has 0 aliphatic carbocycles. The summed E-state index contributed by atoms with van der Waals surface area (Å²) >= 11 is 0.701. The summed E-state index contributed by atoms with van der Waals surface area (Å²) in [5.41, 5.74) is 1.78. The Balaban J connectivity index is 2.62. The number of benzene rings is 1. The number of aliphatic hydroxyl groups excluding tert-OH is 1. The number of carboxylic acid groups (broad SMARTS) is 1. The Bertz CT molecular complexity index is 351. The number of rotatable bonds is 4. The third-order valence-corrected chi connectivity index (χ3v) is 2.89. The standard InChI is InChI=1S/C11H15NO3S/c1-12(2)9-5-3-8(4-6-9)10(13)7-16-11(14)15/h3-6,10,13H,7H2,1-2H3,(H,14,15). The number of thioether (sulfide) groups is 1. The molecule has 0 aliphatic heterocycles. The Hall–Kier alpha value is -1.20. The smallest absolute Gasteiger partial charge is 0.364 e. The fraction of sp³-hybridized carbons (Fsp3) is 0.364. The highest BCUT2D eigenvalue weighted by Crippen LogP contribution is 2.21. The van der Waals surface area contributed by atoms with Crippen LogP contribution in [0.25, 0.3) is 0 Å². The van der Waals surface area contributed by atoms with Crippen LogP contribution in [0.5, 0.6) is 0 Å². The highest BCUT2D eigenvalue weighted by molar-refractivity contribution is 8.13. The van der Waals surface area contributed by atoms with Gasteiger partial charge in [-0.3, -0.25) is 0 Å². The fourth-order valence-electron chi connectivity index (χ4n) is 1.24. The number of nitrogens with zero attached hydrogens (tertiary/aromatic N) is 1. The van der Waals surface area contributed by atoms with Gasteiger partial charge >= 0.3 is 5.30 Å².